The topological polar surface area (TPSA) is 64.0 Å². The highest BCUT2D eigenvalue weighted by Gasteiger charge is 2.32. The van der Waals surface area contributed by atoms with E-state index in [2.05, 4.69) is 22.4 Å². The van der Waals surface area contributed by atoms with Crippen LogP contribution in [0.25, 0.3) is 10.8 Å². The summed E-state index contributed by atoms with van der Waals surface area (Å²) in [4.78, 5) is 7.94. The van der Waals surface area contributed by atoms with E-state index in [1.165, 1.54) is 5.39 Å². The first kappa shape index (κ1) is 16.1. The summed E-state index contributed by atoms with van der Waals surface area (Å²) in [7, 11) is 1.66. The highest BCUT2D eigenvalue weighted by Crippen LogP contribution is 2.40. The first-order chi connectivity index (χ1) is 13.3. The third-order valence-electron chi connectivity index (χ3n) is 4.77. The van der Waals surface area contributed by atoms with E-state index in [1.807, 2.05) is 42.5 Å². The second-order valence-electron chi connectivity index (χ2n) is 6.28. The van der Waals surface area contributed by atoms with Gasteiger partial charge >= 0.3 is 0 Å². The molecule has 4 aromatic rings. The number of furan rings is 1. The van der Waals surface area contributed by atoms with E-state index < -0.39 is 0 Å². The van der Waals surface area contributed by atoms with E-state index in [4.69, 9.17) is 19.9 Å². The van der Waals surface area contributed by atoms with Gasteiger partial charge in [-0.3, -0.25) is 0 Å². The van der Waals surface area contributed by atoms with Gasteiger partial charge in [0.2, 0.25) is 5.88 Å². The van der Waals surface area contributed by atoms with Gasteiger partial charge < -0.3 is 19.8 Å². The quantitative estimate of drug-likeness (QED) is 0.544. The van der Waals surface area contributed by atoms with Crippen molar-refractivity contribution in [3.8, 4) is 5.75 Å². The van der Waals surface area contributed by atoms with Crippen molar-refractivity contribution >= 4 is 39.5 Å². The highest BCUT2D eigenvalue weighted by molar-refractivity contribution is 7.14. The molecular weight excluding hydrogens is 358 g/mol. The molecule has 1 aliphatic heterocycles. The summed E-state index contributed by atoms with van der Waals surface area (Å²) in [5.41, 5.74) is 8.46. The van der Waals surface area contributed by atoms with Crippen LogP contribution in [-0.2, 0) is 0 Å². The van der Waals surface area contributed by atoms with Gasteiger partial charge in [-0.15, -0.1) is 11.3 Å². The summed E-state index contributed by atoms with van der Waals surface area (Å²) in [5, 5.41) is 4.48. The monoisotopic (exact) mass is 375 g/mol. The van der Waals surface area contributed by atoms with Crippen LogP contribution in [0.1, 0.15) is 16.6 Å². The fraction of sp³-hybridized carbons (Fsp3) is 0.0952. The summed E-state index contributed by atoms with van der Waals surface area (Å²) < 4.78 is 10.9. The van der Waals surface area contributed by atoms with Crippen LogP contribution in [0.15, 0.2) is 75.7 Å². The van der Waals surface area contributed by atoms with Gasteiger partial charge in [0.25, 0.3) is 0 Å². The number of ether oxygens (including phenoxy) is 1. The number of amidine groups is 1. The molecule has 2 N–H and O–H groups in total. The van der Waals surface area contributed by atoms with Gasteiger partial charge in [0.1, 0.15) is 11.9 Å². The molecule has 2 aromatic heterocycles. The summed E-state index contributed by atoms with van der Waals surface area (Å²) in [6.45, 7) is 0. The molecule has 0 fully saturated rings. The Morgan fingerprint density at radius 1 is 1.11 bits per heavy atom. The average molecular weight is 375 g/mol. The van der Waals surface area contributed by atoms with E-state index in [9.17, 15) is 0 Å². The molecule has 2 aromatic carbocycles. The number of nitrogens with two attached hydrogens (primary N) is 1. The Labute approximate surface area is 160 Å². The SMILES string of the molecule is COc1ccc(N2C(c3scc4ccccc34)=Nc3occc3C2N)cc1. The molecular formula is C21H17N3O2S. The second-order valence-corrected chi connectivity index (χ2v) is 7.16. The third-order valence-corrected chi connectivity index (χ3v) is 5.78. The number of benzene rings is 2. The molecule has 0 spiro atoms. The molecule has 27 heavy (non-hydrogen) atoms. The van der Waals surface area contributed by atoms with Crippen LogP contribution >= 0.6 is 11.3 Å². The Kier molecular flexibility index (Phi) is 3.74. The number of thiophene rings is 1. The normalized spacial score (nSPS) is 16.3. The lowest BCUT2D eigenvalue weighted by Gasteiger charge is -2.34. The summed E-state index contributed by atoms with van der Waals surface area (Å²) in [6, 6.07) is 18.0. The number of aliphatic imine (C=N–C) groups is 1. The molecule has 134 valence electrons. The van der Waals surface area contributed by atoms with Crippen LogP contribution in [0.5, 0.6) is 5.75 Å². The zero-order valence-corrected chi connectivity index (χ0v) is 15.4. The number of hydrogen-bond donors (Lipinski definition) is 1. The van der Waals surface area contributed by atoms with E-state index in [0.717, 1.165) is 33.1 Å². The summed E-state index contributed by atoms with van der Waals surface area (Å²) in [6.07, 6.45) is 1.25. The van der Waals surface area contributed by atoms with Crippen molar-refractivity contribution < 1.29 is 9.15 Å². The minimum Gasteiger partial charge on any atom is -0.497 e. The third kappa shape index (κ3) is 2.53. The summed E-state index contributed by atoms with van der Waals surface area (Å²) >= 11 is 1.66. The number of methoxy groups -OCH3 is 1. The zero-order valence-electron chi connectivity index (χ0n) is 14.6. The van der Waals surface area contributed by atoms with Crippen molar-refractivity contribution in [2.75, 3.05) is 12.0 Å². The van der Waals surface area contributed by atoms with Gasteiger partial charge in [-0.2, -0.15) is 4.99 Å². The first-order valence-electron chi connectivity index (χ1n) is 8.58. The molecule has 0 radical (unpaired) electrons. The second kappa shape index (κ2) is 6.26. The molecule has 0 aliphatic carbocycles. The molecule has 0 saturated carbocycles. The lowest BCUT2D eigenvalue weighted by molar-refractivity contribution is 0.415. The molecule has 5 nitrogen and oxygen atoms in total. The number of rotatable bonds is 3. The Balaban J connectivity index is 1.71. The molecule has 1 atom stereocenters. The van der Waals surface area contributed by atoms with Crippen molar-refractivity contribution in [1.82, 2.24) is 0 Å². The van der Waals surface area contributed by atoms with Gasteiger partial charge in [-0.05, 0) is 41.1 Å². The Bertz CT molecular complexity index is 1140. The van der Waals surface area contributed by atoms with Crippen molar-refractivity contribution in [3.63, 3.8) is 0 Å². The molecule has 3 heterocycles. The lowest BCUT2D eigenvalue weighted by atomic mass is 10.1. The predicted molar refractivity (Wildman–Crippen MR) is 109 cm³/mol. The van der Waals surface area contributed by atoms with Crippen LogP contribution in [0.2, 0.25) is 0 Å². The number of fused-ring (bicyclic) bond motifs is 2. The minimum atomic E-state index is -0.388. The number of anilines is 1. The molecule has 6 heteroatoms. The maximum atomic E-state index is 6.64. The zero-order chi connectivity index (χ0) is 18.4. The lowest BCUT2D eigenvalue weighted by Crippen LogP contribution is -2.41. The van der Waals surface area contributed by atoms with Crippen molar-refractivity contribution in [3.05, 3.63) is 76.7 Å². The molecule has 0 bridgehead atoms. The van der Waals surface area contributed by atoms with Crippen LogP contribution < -0.4 is 15.4 Å². The molecule has 0 saturated heterocycles. The van der Waals surface area contributed by atoms with Gasteiger partial charge in [0.05, 0.1) is 23.8 Å². The number of hydrogen-bond acceptors (Lipinski definition) is 6. The van der Waals surface area contributed by atoms with E-state index >= 15 is 0 Å². The van der Waals surface area contributed by atoms with E-state index in [-0.39, 0.29) is 6.17 Å². The largest absolute Gasteiger partial charge is 0.497 e. The van der Waals surface area contributed by atoms with Gasteiger partial charge in [-0.1, -0.05) is 24.3 Å². The van der Waals surface area contributed by atoms with Gasteiger partial charge in [-0.25, -0.2) is 0 Å². The van der Waals surface area contributed by atoms with Crippen molar-refractivity contribution in [1.29, 1.82) is 0 Å². The standard InChI is InChI=1S/C21H17N3O2S/c1-25-15-8-6-14(7-9-15)24-19(22)17-10-11-26-21(17)23-20(24)18-16-5-3-2-4-13(16)12-27-18/h2-12,19H,22H2,1H3. The first-order valence-corrected chi connectivity index (χ1v) is 9.46. The van der Waals surface area contributed by atoms with Crippen LogP contribution in [0.4, 0.5) is 11.6 Å². The Hall–Kier alpha value is -3.09. The maximum absolute atomic E-state index is 6.64. The Morgan fingerprint density at radius 3 is 2.74 bits per heavy atom. The van der Waals surface area contributed by atoms with Gasteiger partial charge in [0, 0.05) is 11.1 Å². The Morgan fingerprint density at radius 2 is 1.93 bits per heavy atom. The van der Waals surface area contributed by atoms with Crippen molar-refractivity contribution in [2.24, 2.45) is 10.7 Å². The molecule has 1 aliphatic rings. The van der Waals surface area contributed by atoms with E-state index in [1.54, 1.807) is 24.7 Å². The van der Waals surface area contributed by atoms with Crippen molar-refractivity contribution in [2.45, 2.75) is 6.17 Å². The minimum absolute atomic E-state index is 0.388. The average Bonchev–Trinajstić information content (AvgIpc) is 3.35. The van der Waals surface area contributed by atoms with Crippen LogP contribution in [0.3, 0.4) is 0 Å². The molecule has 0 amide bonds. The van der Waals surface area contributed by atoms with Crippen LogP contribution in [0, 0.1) is 0 Å². The van der Waals surface area contributed by atoms with E-state index in [0.29, 0.717) is 5.88 Å². The smallest absolute Gasteiger partial charge is 0.227 e. The molecule has 5 rings (SSSR count). The summed E-state index contributed by atoms with van der Waals surface area (Å²) in [5.74, 6) is 2.16. The number of nitrogens with zero attached hydrogens (tertiary/aromatic N) is 2. The molecule has 1 unspecified atom stereocenters. The van der Waals surface area contributed by atoms with Crippen LogP contribution in [-0.4, -0.2) is 12.9 Å². The maximum Gasteiger partial charge on any atom is 0.227 e. The fourth-order valence-corrected chi connectivity index (χ4v) is 4.41. The fourth-order valence-electron chi connectivity index (χ4n) is 3.40. The van der Waals surface area contributed by atoms with Gasteiger partial charge in [0.15, 0.2) is 5.84 Å². The predicted octanol–water partition coefficient (Wildman–Crippen LogP) is 5.06. The highest BCUT2D eigenvalue weighted by atomic mass is 32.1.